The number of nitrogens with zero attached hydrogens (tertiary/aromatic N) is 3. The fraction of sp³-hybridized carbons (Fsp3) is 0.500. The number of piperidine rings is 1. The number of hydrogen-bond acceptors (Lipinski definition) is 5. The lowest BCUT2D eigenvalue weighted by atomic mass is 9.95. The molecule has 1 heterocycles. The monoisotopic (exact) mass is 292 g/mol. The van der Waals surface area contributed by atoms with Gasteiger partial charge in [-0.2, -0.15) is 0 Å². The number of hydrogen-bond donors (Lipinski definition) is 1. The van der Waals surface area contributed by atoms with Gasteiger partial charge in [-0.15, -0.1) is 0 Å². The van der Waals surface area contributed by atoms with Gasteiger partial charge < -0.3 is 4.90 Å². The summed E-state index contributed by atoms with van der Waals surface area (Å²) < 4.78 is 0. The van der Waals surface area contributed by atoms with E-state index in [9.17, 15) is 14.9 Å². The fourth-order valence-corrected chi connectivity index (χ4v) is 2.58. The minimum Gasteiger partial charge on any atom is -0.366 e. The molecule has 7 nitrogen and oxygen atoms in total. The molecule has 0 unspecified atom stereocenters. The predicted octanol–water partition coefficient (Wildman–Crippen LogP) is 1.40. The van der Waals surface area contributed by atoms with Crippen molar-refractivity contribution in [1.29, 1.82) is 0 Å². The summed E-state index contributed by atoms with van der Waals surface area (Å²) in [4.78, 5) is 24.6. The van der Waals surface area contributed by atoms with E-state index in [-0.39, 0.29) is 22.4 Å². The maximum Gasteiger partial charge on any atom is 0.292 e. The zero-order valence-corrected chi connectivity index (χ0v) is 12.3. The van der Waals surface area contributed by atoms with Gasteiger partial charge in [0, 0.05) is 39.2 Å². The van der Waals surface area contributed by atoms with Crippen molar-refractivity contribution in [3.05, 3.63) is 34.4 Å². The summed E-state index contributed by atoms with van der Waals surface area (Å²) in [6.45, 7) is 1.30. The van der Waals surface area contributed by atoms with Crippen molar-refractivity contribution in [3.8, 4) is 0 Å². The lowest BCUT2D eigenvalue weighted by Gasteiger charge is -2.33. The van der Waals surface area contributed by atoms with Gasteiger partial charge in [0.25, 0.3) is 5.69 Å². The van der Waals surface area contributed by atoms with Crippen molar-refractivity contribution >= 4 is 17.3 Å². The molecule has 0 spiro atoms. The van der Waals surface area contributed by atoms with Crippen molar-refractivity contribution in [1.82, 2.24) is 10.4 Å². The number of rotatable bonds is 4. The van der Waals surface area contributed by atoms with E-state index in [0.29, 0.717) is 31.6 Å². The van der Waals surface area contributed by atoms with Crippen molar-refractivity contribution in [2.45, 2.75) is 12.8 Å². The highest BCUT2D eigenvalue weighted by atomic mass is 16.6. The molecule has 1 aromatic rings. The van der Waals surface area contributed by atoms with Crippen LogP contribution in [-0.2, 0) is 4.79 Å². The maximum atomic E-state index is 11.9. The molecule has 7 heteroatoms. The first-order chi connectivity index (χ1) is 9.99. The van der Waals surface area contributed by atoms with Gasteiger partial charge in [0.15, 0.2) is 0 Å². The minimum absolute atomic E-state index is 0.0159. The molecule has 0 atom stereocenters. The Morgan fingerprint density at radius 2 is 1.95 bits per heavy atom. The maximum absolute atomic E-state index is 11.9. The van der Waals surface area contributed by atoms with Crippen molar-refractivity contribution < 1.29 is 9.72 Å². The van der Waals surface area contributed by atoms with Crippen molar-refractivity contribution in [3.63, 3.8) is 0 Å². The summed E-state index contributed by atoms with van der Waals surface area (Å²) in [5, 5.41) is 12.7. The van der Waals surface area contributed by atoms with Crippen LogP contribution in [0.25, 0.3) is 0 Å². The summed E-state index contributed by atoms with van der Waals surface area (Å²) in [6, 6.07) is 6.74. The Labute approximate surface area is 123 Å². The molecule has 114 valence electrons. The zero-order valence-electron chi connectivity index (χ0n) is 12.3. The molecule has 1 N–H and O–H groups in total. The molecule has 1 fully saturated rings. The van der Waals surface area contributed by atoms with Crippen LogP contribution in [0.4, 0.5) is 11.4 Å². The second-order valence-corrected chi connectivity index (χ2v) is 5.38. The molecule has 1 aromatic carbocycles. The molecule has 0 aromatic heterocycles. The first-order valence-electron chi connectivity index (χ1n) is 6.95. The molecule has 0 aliphatic carbocycles. The van der Waals surface area contributed by atoms with E-state index < -0.39 is 0 Å². The Morgan fingerprint density at radius 1 is 1.33 bits per heavy atom. The van der Waals surface area contributed by atoms with Crippen LogP contribution in [0.15, 0.2) is 24.3 Å². The third kappa shape index (κ3) is 3.69. The summed E-state index contributed by atoms with van der Waals surface area (Å²) in [6.07, 6.45) is 1.40. The molecule has 0 radical (unpaired) electrons. The first-order valence-corrected chi connectivity index (χ1v) is 6.95. The van der Waals surface area contributed by atoms with E-state index in [1.807, 2.05) is 4.90 Å². The van der Waals surface area contributed by atoms with Gasteiger partial charge in [0.05, 0.1) is 4.92 Å². The zero-order chi connectivity index (χ0) is 15.4. The average molecular weight is 292 g/mol. The van der Waals surface area contributed by atoms with E-state index in [1.54, 1.807) is 37.3 Å². The van der Waals surface area contributed by atoms with E-state index in [1.165, 1.54) is 6.07 Å². The van der Waals surface area contributed by atoms with Gasteiger partial charge in [0.1, 0.15) is 5.69 Å². The van der Waals surface area contributed by atoms with Crippen molar-refractivity contribution in [2.75, 3.05) is 32.1 Å². The number of benzene rings is 1. The van der Waals surface area contributed by atoms with E-state index in [0.717, 1.165) is 0 Å². The Balaban J connectivity index is 2.01. The highest BCUT2D eigenvalue weighted by molar-refractivity contribution is 5.78. The number of para-hydroxylation sites is 2. The number of amides is 1. The normalized spacial score (nSPS) is 16.0. The van der Waals surface area contributed by atoms with E-state index in [2.05, 4.69) is 5.43 Å². The number of nitro benzene ring substituents is 1. The number of hydrazine groups is 1. The smallest absolute Gasteiger partial charge is 0.292 e. The second-order valence-electron chi connectivity index (χ2n) is 5.38. The van der Waals surface area contributed by atoms with Gasteiger partial charge in [-0.3, -0.25) is 20.3 Å². The summed E-state index contributed by atoms with van der Waals surface area (Å²) >= 11 is 0. The van der Waals surface area contributed by atoms with Crippen LogP contribution in [0.3, 0.4) is 0 Å². The fourth-order valence-electron chi connectivity index (χ4n) is 2.58. The number of nitro groups is 1. The van der Waals surface area contributed by atoms with Crippen molar-refractivity contribution in [2.24, 2.45) is 5.92 Å². The molecule has 1 aliphatic heterocycles. The second kappa shape index (κ2) is 6.53. The number of nitrogens with one attached hydrogen (secondary N) is 1. The number of anilines is 1. The molecule has 1 amide bonds. The van der Waals surface area contributed by atoms with Gasteiger partial charge in [-0.05, 0) is 18.9 Å². The van der Waals surface area contributed by atoms with E-state index >= 15 is 0 Å². The SMILES string of the molecule is CN(C)NC(=O)C1CCN(c2ccccc2[N+](=O)[O-])CC1. The number of carbonyl (C=O) groups excluding carboxylic acids is 1. The first kappa shape index (κ1) is 15.2. The molecule has 0 saturated carbocycles. The Morgan fingerprint density at radius 3 is 2.52 bits per heavy atom. The number of carbonyl (C=O) groups is 1. The average Bonchev–Trinajstić information content (AvgIpc) is 2.46. The van der Waals surface area contributed by atoms with Crippen LogP contribution in [0, 0.1) is 16.0 Å². The lowest BCUT2D eigenvalue weighted by Crippen LogP contribution is -2.44. The summed E-state index contributed by atoms with van der Waals surface area (Å²) in [7, 11) is 3.56. The molecular formula is C14H20N4O3. The van der Waals surface area contributed by atoms with Gasteiger partial charge >= 0.3 is 0 Å². The third-order valence-corrected chi connectivity index (χ3v) is 3.62. The molecule has 21 heavy (non-hydrogen) atoms. The van der Waals surface area contributed by atoms with Crippen LogP contribution in [0.1, 0.15) is 12.8 Å². The van der Waals surface area contributed by atoms with Gasteiger partial charge in [-0.1, -0.05) is 12.1 Å². The van der Waals surface area contributed by atoms with Gasteiger partial charge in [-0.25, -0.2) is 5.01 Å². The topological polar surface area (TPSA) is 78.7 Å². The van der Waals surface area contributed by atoms with Crippen LogP contribution < -0.4 is 10.3 Å². The van der Waals surface area contributed by atoms with Crippen LogP contribution in [0.2, 0.25) is 0 Å². The van der Waals surface area contributed by atoms with E-state index in [4.69, 9.17) is 0 Å². The standard InChI is InChI=1S/C14H20N4O3/c1-16(2)15-14(19)11-7-9-17(10-8-11)12-5-3-4-6-13(12)18(20)21/h3-6,11H,7-10H2,1-2H3,(H,15,19). The Kier molecular flexibility index (Phi) is 4.74. The quantitative estimate of drug-likeness (QED) is 0.670. The predicted molar refractivity (Wildman–Crippen MR) is 79.9 cm³/mol. The third-order valence-electron chi connectivity index (χ3n) is 3.62. The van der Waals surface area contributed by atoms with Gasteiger partial charge in [0.2, 0.25) is 5.91 Å². The summed E-state index contributed by atoms with van der Waals surface area (Å²) in [5.74, 6) is -0.0198. The largest absolute Gasteiger partial charge is 0.366 e. The molecule has 0 bridgehead atoms. The molecule has 1 aliphatic rings. The van der Waals surface area contributed by atoms with Crippen LogP contribution >= 0.6 is 0 Å². The molecule has 1 saturated heterocycles. The summed E-state index contributed by atoms with van der Waals surface area (Å²) in [5.41, 5.74) is 3.52. The lowest BCUT2D eigenvalue weighted by molar-refractivity contribution is -0.384. The molecular weight excluding hydrogens is 272 g/mol. The molecule has 2 rings (SSSR count). The Hall–Kier alpha value is -2.15. The van der Waals surface area contributed by atoms with Crippen LogP contribution in [0.5, 0.6) is 0 Å². The highest BCUT2D eigenvalue weighted by Gasteiger charge is 2.28. The minimum atomic E-state index is -0.361. The Bertz CT molecular complexity index is 525. The van der Waals surface area contributed by atoms with Crippen LogP contribution in [-0.4, -0.2) is 43.0 Å². The highest BCUT2D eigenvalue weighted by Crippen LogP contribution is 2.31.